The Hall–Kier alpha value is -3.53. The van der Waals surface area contributed by atoms with Crippen molar-refractivity contribution in [2.75, 3.05) is 11.9 Å². The van der Waals surface area contributed by atoms with Crippen molar-refractivity contribution in [2.45, 2.75) is 106 Å². The van der Waals surface area contributed by atoms with E-state index in [1.807, 2.05) is 6.92 Å². The number of hydrogen-bond acceptors (Lipinski definition) is 7. The van der Waals surface area contributed by atoms with Gasteiger partial charge in [0.15, 0.2) is 23.0 Å². The second kappa shape index (κ2) is 12.4. The Morgan fingerprint density at radius 2 is 1.88 bits per heavy atom. The van der Waals surface area contributed by atoms with Crippen LogP contribution in [0.25, 0.3) is 16.9 Å². The molecule has 0 bridgehead atoms. The molecule has 0 saturated heterocycles. The third-order valence-corrected chi connectivity index (χ3v) is 7.38. The van der Waals surface area contributed by atoms with Gasteiger partial charge in [0.2, 0.25) is 11.7 Å². The molecule has 9 nitrogen and oxygen atoms in total. The van der Waals surface area contributed by atoms with Crippen LogP contribution < -0.4 is 10.1 Å². The lowest BCUT2D eigenvalue weighted by molar-refractivity contribution is -0.194. The van der Waals surface area contributed by atoms with Crippen LogP contribution in [0.1, 0.15) is 95.5 Å². The molecule has 0 saturated carbocycles. The molecule has 0 fully saturated rings. The van der Waals surface area contributed by atoms with E-state index in [0.29, 0.717) is 53.4 Å². The quantitative estimate of drug-likeness (QED) is 0.166. The number of carbonyl (C=O) groups excluding carboxylic acids is 2. The maximum Gasteiger partial charge on any atom is 0.312 e. The van der Waals surface area contributed by atoms with Crippen molar-refractivity contribution in [3.63, 3.8) is 0 Å². The molecule has 0 radical (unpaired) electrons. The SMILES string of the molecule is Cc1nc2cc(NC(=O)CCCCCC(C)(C)C)nn2c(-c2cc(F)c3c(c2C)CCCO3)c1CC(=O)OC(C)(C)O. The number of carbonyl (C=O) groups is 2. The van der Waals surface area contributed by atoms with Crippen LogP contribution in [0.15, 0.2) is 12.1 Å². The first-order chi connectivity index (χ1) is 19.6. The number of aromatic nitrogens is 3. The molecule has 1 amide bonds. The summed E-state index contributed by atoms with van der Waals surface area (Å²) in [5, 5.41) is 17.6. The Morgan fingerprint density at radius 1 is 1.14 bits per heavy atom. The summed E-state index contributed by atoms with van der Waals surface area (Å²) in [7, 11) is 0. The van der Waals surface area contributed by atoms with Crippen molar-refractivity contribution in [2.24, 2.45) is 5.41 Å². The average Bonchev–Trinajstić information content (AvgIpc) is 3.26. The van der Waals surface area contributed by atoms with Gasteiger partial charge in [0.1, 0.15) is 0 Å². The van der Waals surface area contributed by atoms with Crippen LogP contribution in [0.4, 0.5) is 10.2 Å². The fraction of sp³-hybridized carbons (Fsp3) is 0.562. The van der Waals surface area contributed by atoms with Gasteiger partial charge in [-0.05, 0) is 56.6 Å². The second-order valence-electron chi connectivity index (χ2n) is 12.9. The van der Waals surface area contributed by atoms with Gasteiger partial charge in [-0.3, -0.25) is 9.59 Å². The van der Waals surface area contributed by atoms with E-state index >= 15 is 4.39 Å². The highest BCUT2D eigenvalue weighted by molar-refractivity contribution is 5.90. The molecule has 4 rings (SSSR count). The standard InChI is InChI=1S/C32H43FN4O5/c1-19-21-12-11-15-41-30(21)24(33)16-22(19)29-23(17-28(39)42-32(6,7)40)20(2)34-26-18-25(36-37(26)29)35-27(38)13-9-8-10-14-31(3,4)5/h16,18,40H,8-15,17H2,1-7H3,(H,35,36,38). The molecule has 0 atom stereocenters. The maximum absolute atomic E-state index is 15.4. The monoisotopic (exact) mass is 582 g/mol. The Bertz CT molecular complexity index is 1480. The Kier molecular flexibility index (Phi) is 9.25. The first kappa shape index (κ1) is 31.4. The summed E-state index contributed by atoms with van der Waals surface area (Å²) in [6.45, 7) is 13.5. The van der Waals surface area contributed by atoms with Gasteiger partial charge >= 0.3 is 5.97 Å². The predicted molar refractivity (Wildman–Crippen MR) is 159 cm³/mol. The van der Waals surface area contributed by atoms with Gasteiger partial charge in [-0.1, -0.05) is 33.6 Å². The van der Waals surface area contributed by atoms with Crippen molar-refractivity contribution in [3.05, 3.63) is 40.3 Å². The number of nitrogens with one attached hydrogen (secondary N) is 1. The first-order valence-electron chi connectivity index (χ1n) is 14.7. The van der Waals surface area contributed by atoms with Gasteiger partial charge in [0.25, 0.3) is 0 Å². The lowest BCUT2D eigenvalue weighted by Crippen LogP contribution is -2.28. The number of ether oxygens (including phenoxy) is 2. The minimum absolute atomic E-state index is 0.144. The number of aryl methyl sites for hydroxylation is 1. The minimum atomic E-state index is -1.66. The molecular weight excluding hydrogens is 539 g/mol. The number of hydrogen-bond donors (Lipinski definition) is 2. The number of unbranched alkanes of at least 4 members (excludes halogenated alkanes) is 2. The van der Waals surface area contributed by atoms with E-state index in [9.17, 15) is 14.7 Å². The van der Waals surface area contributed by atoms with E-state index in [0.717, 1.165) is 43.2 Å². The van der Waals surface area contributed by atoms with Crippen LogP contribution in [-0.4, -0.2) is 44.0 Å². The number of rotatable bonds is 10. The number of esters is 1. The van der Waals surface area contributed by atoms with E-state index in [4.69, 9.17) is 9.47 Å². The molecule has 10 heteroatoms. The summed E-state index contributed by atoms with van der Waals surface area (Å²) >= 11 is 0. The van der Waals surface area contributed by atoms with E-state index < -0.39 is 17.6 Å². The molecule has 1 aliphatic rings. The molecule has 0 unspecified atom stereocenters. The normalized spacial score (nSPS) is 13.5. The summed E-state index contributed by atoms with van der Waals surface area (Å²) in [5.41, 5.74) is 4.32. The van der Waals surface area contributed by atoms with Crippen LogP contribution in [-0.2, 0) is 27.2 Å². The lowest BCUT2D eigenvalue weighted by Gasteiger charge is -2.24. The highest BCUT2D eigenvalue weighted by Crippen LogP contribution is 2.39. The second-order valence-corrected chi connectivity index (χ2v) is 12.9. The minimum Gasteiger partial charge on any atom is -0.490 e. The zero-order valence-corrected chi connectivity index (χ0v) is 25.8. The van der Waals surface area contributed by atoms with Crippen molar-refractivity contribution >= 4 is 23.3 Å². The molecule has 2 aromatic heterocycles. The zero-order chi connectivity index (χ0) is 30.8. The Morgan fingerprint density at radius 3 is 2.57 bits per heavy atom. The number of aliphatic hydroxyl groups is 1. The van der Waals surface area contributed by atoms with Gasteiger partial charge in [-0.15, -0.1) is 5.10 Å². The number of anilines is 1. The summed E-state index contributed by atoms with van der Waals surface area (Å²) < 4.78 is 27.7. The Balaban J connectivity index is 1.71. The van der Waals surface area contributed by atoms with Crippen LogP contribution in [0.5, 0.6) is 5.75 Å². The molecule has 2 N–H and O–H groups in total. The summed E-state index contributed by atoms with van der Waals surface area (Å²) in [6, 6.07) is 3.07. The molecule has 1 aliphatic heterocycles. The average molecular weight is 583 g/mol. The molecule has 3 heterocycles. The third-order valence-electron chi connectivity index (χ3n) is 7.38. The molecule has 0 spiro atoms. The highest BCUT2D eigenvalue weighted by atomic mass is 19.1. The first-order valence-corrected chi connectivity index (χ1v) is 14.7. The van der Waals surface area contributed by atoms with Crippen LogP contribution >= 0.6 is 0 Å². The van der Waals surface area contributed by atoms with Crippen LogP contribution in [0.3, 0.4) is 0 Å². The Labute approximate surface area is 246 Å². The number of benzene rings is 1. The van der Waals surface area contributed by atoms with Crippen LogP contribution in [0, 0.1) is 25.1 Å². The van der Waals surface area contributed by atoms with E-state index in [1.54, 1.807) is 13.0 Å². The van der Waals surface area contributed by atoms with Gasteiger partial charge in [-0.25, -0.2) is 13.9 Å². The topological polar surface area (TPSA) is 115 Å². The summed E-state index contributed by atoms with van der Waals surface area (Å²) in [6.07, 6.45) is 5.50. The molecule has 3 aromatic rings. The summed E-state index contributed by atoms with van der Waals surface area (Å²) in [5.74, 6) is -2.40. The molecular formula is C32H43FN4O5. The van der Waals surface area contributed by atoms with Gasteiger partial charge in [0, 0.05) is 48.7 Å². The van der Waals surface area contributed by atoms with Crippen molar-refractivity contribution in [1.82, 2.24) is 14.6 Å². The van der Waals surface area contributed by atoms with Gasteiger partial charge in [-0.2, -0.15) is 0 Å². The number of fused-ring (bicyclic) bond motifs is 2. The smallest absolute Gasteiger partial charge is 0.312 e. The number of amides is 1. The number of halogens is 1. The predicted octanol–water partition coefficient (Wildman–Crippen LogP) is 6.23. The fourth-order valence-electron chi connectivity index (χ4n) is 5.39. The van der Waals surface area contributed by atoms with E-state index in [-0.39, 0.29) is 23.5 Å². The summed E-state index contributed by atoms with van der Waals surface area (Å²) in [4.78, 5) is 30.2. The van der Waals surface area contributed by atoms with E-state index in [1.165, 1.54) is 24.4 Å². The maximum atomic E-state index is 15.4. The van der Waals surface area contributed by atoms with Crippen molar-refractivity contribution in [1.29, 1.82) is 0 Å². The third kappa shape index (κ3) is 7.65. The van der Waals surface area contributed by atoms with Crippen molar-refractivity contribution < 1.29 is 28.6 Å². The molecule has 1 aromatic carbocycles. The van der Waals surface area contributed by atoms with Crippen LogP contribution in [0.2, 0.25) is 0 Å². The molecule has 0 aliphatic carbocycles. The highest BCUT2D eigenvalue weighted by Gasteiger charge is 2.28. The van der Waals surface area contributed by atoms with Crippen molar-refractivity contribution in [3.8, 4) is 17.0 Å². The molecule has 228 valence electrons. The molecule has 42 heavy (non-hydrogen) atoms. The number of nitrogens with zero attached hydrogens (tertiary/aromatic N) is 3. The van der Waals surface area contributed by atoms with Gasteiger partial charge < -0.3 is 19.9 Å². The zero-order valence-electron chi connectivity index (χ0n) is 25.8. The fourth-order valence-corrected chi connectivity index (χ4v) is 5.39. The van der Waals surface area contributed by atoms with Gasteiger partial charge in [0.05, 0.1) is 18.7 Å². The van der Waals surface area contributed by atoms with E-state index in [2.05, 4.69) is 36.2 Å². The largest absolute Gasteiger partial charge is 0.490 e. The lowest BCUT2D eigenvalue weighted by atomic mass is 9.89.